The molecular formula is C14H17NO2. The van der Waals surface area contributed by atoms with Crippen molar-refractivity contribution in [2.45, 2.75) is 19.8 Å². The Labute approximate surface area is 101 Å². The normalized spacial score (nSPS) is 11.1. The van der Waals surface area contributed by atoms with Gasteiger partial charge >= 0.3 is 0 Å². The zero-order valence-electron chi connectivity index (χ0n) is 10.7. The molecule has 1 aromatic heterocycles. The molecule has 0 fully saturated rings. The van der Waals surface area contributed by atoms with Crippen LogP contribution in [0.5, 0.6) is 5.75 Å². The highest BCUT2D eigenvalue weighted by Crippen LogP contribution is 2.33. The van der Waals surface area contributed by atoms with Crippen molar-refractivity contribution in [1.29, 1.82) is 0 Å². The summed E-state index contributed by atoms with van der Waals surface area (Å²) in [5.74, 6) is 1.23. The molecule has 2 aromatic rings. The first-order chi connectivity index (χ1) is 8.10. The molecule has 0 unspecified atom stereocenters. The maximum atomic E-state index is 11.0. The quantitative estimate of drug-likeness (QED) is 0.760. The summed E-state index contributed by atoms with van der Waals surface area (Å²) in [6.07, 6.45) is 0.879. The lowest BCUT2D eigenvalue weighted by molar-refractivity contribution is 0.111. The molecule has 0 bridgehead atoms. The number of ether oxygens (including phenoxy) is 1. The first-order valence-corrected chi connectivity index (χ1v) is 5.71. The smallest absolute Gasteiger partial charge is 0.166 e. The second kappa shape index (κ2) is 4.24. The average molecular weight is 231 g/mol. The van der Waals surface area contributed by atoms with Crippen molar-refractivity contribution in [3.8, 4) is 5.75 Å². The monoisotopic (exact) mass is 231 g/mol. The van der Waals surface area contributed by atoms with E-state index in [1.807, 2.05) is 23.7 Å². The van der Waals surface area contributed by atoms with Gasteiger partial charge in [-0.25, -0.2) is 0 Å². The summed E-state index contributed by atoms with van der Waals surface area (Å²) in [6.45, 7) is 4.30. The third-order valence-electron chi connectivity index (χ3n) is 3.19. The summed E-state index contributed by atoms with van der Waals surface area (Å²) in [7, 11) is 3.56. The Kier molecular flexibility index (Phi) is 2.92. The van der Waals surface area contributed by atoms with Crippen molar-refractivity contribution in [1.82, 2.24) is 4.57 Å². The van der Waals surface area contributed by atoms with Crippen molar-refractivity contribution < 1.29 is 9.53 Å². The summed E-state index contributed by atoms with van der Waals surface area (Å²) in [4.78, 5) is 11.0. The lowest BCUT2D eigenvalue weighted by Crippen LogP contribution is -1.98. The molecule has 0 saturated carbocycles. The maximum Gasteiger partial charge on any atom is 0.166 e. The van der Waals surface area contributed by atoms with Crippen molar-refractivity contribution in [2.24, 2.45) is 7.05 Å². The number of aryl methyl sites for hydroxylation is 1. The number of carbonyl (C=O) groups excluding carboxylic acids is 1. The summed E-state index contributed by atoms with van der Waals surface area (Å²) in [5.41, 5.74) is 2.99. The van der Waals surface area contributed by atoms with Gasteiger partial charge < -0.3 is 9.30 Å². The van der Waals surface area contributed by atoms with Crippen LogP contribution < -0.4 is 4.74 Å². The van der Waals surface area contributed by atoms with Crippen LogP contribution in [0.4, 0.5) is 0 Å². The highest BCUT2D eigenvalue weighted by molar-refractivity contribution is 5.95. The van der Waals surface area contributed by atoms with Crippen LogP contribution in [0.2, 0.25) is 0 Å². The predicted molar refractivity (Wildman–Crippen MR) is 68.9 cm³/mol. The molecule has 0 saturated heterocycles. The fourth-order valence-electron chi connectivity index (χ4n) is 2.25. The molecule has 1 aromatic carbocycles. The van der Waals surface area contributed by atoms with E-state index >= 15 is 0 Å². The van der Waals surface area contributed by atoms with Gasteiger partial charge in [0.05, 0.1) is 18.3 Å². The first kappa shape index (κ1) is 11.7. The Morgan fingerprint density at radius 1 is 1.35 bits per heavy atom. The van der Waals surface area contributed by atoms with Gasteiger partial charge in [0.1, 0.15) is 5.75 Å². The number of fused-ring (bicyclic) bond motifs is 1. The minimum Gasteiger partial charge on any atom is -0.496 e. The minimum atomic E-state index is 0.413. The number of hydrogen-bond acceptors (Lipinski definition) is 2. The molecule has 0 aliphatic carbocycles. The third-order valence-corrected chi connectivity index (χ3v) is 3.19. The second-order valence-corrected chi connectivity index (χ2v) is 4.52. The molecule has 0 amide bonds. The zero-order valence-corrected chi connectivity index (χ0v) is 10.7. The molecule has 3 heteroatoms. The van der Waals surface area contributed by atoms with Crippen molar-refractivity contribution in [2.75, 3.05) is 7.11 Å². The van der Waals surface area contributed by atoms with Gasteiger partial charge in [-0.1, -0.05) is 19.9 Å². The van der Waals surface area contributed by atoms with E-state index in [4.69, 9.17) is 4.74 Å². The number of benzene rings is 1. The number of methoxy groups -OCH3 is 1. The highest BCUT2D eigenvalue weighted by Gasteiger charge is 2.15. The molecule has 2 rings (SSSR count). The van der Waals surface area contributed by atoms with Gasteiger partial charge in [0.15, 0.2) is 6.29 Å². The second-order valence-electron chi connectivity index (χ2n) is 4.52. The molecule has 90 valence electrons. The predicted octanol–water partition coefficient (Wildman–Crippen LogP) is 3.12. The van der Waals surface area contributed by atoms with Gasteiger partial charge in [-0.15, -0.1) is 0 Å². The molecule has 0 aliphatic rings. The molecule has 1 heterocycles. The van der Waals surface area contributed by atoms with Crippen LogP contribution in [0.15, 0.2) is 18.2 Å². The number of hydrogen-bond donors (Lipinski definition) is 0. The number of rotatable bonds is 3. The van der Waals surface area contributed by atoms with Gasteiger partial charge in [0.25, 0.3) is 0 Å². The van der Waals surface area contributed by atoms with Crippen molar-refractivity contribution in [3.63, 3.8) is 0 Å². The van der Waals surface area contributed by atoms with E-state index in [-0.39, 0.29) is 0 Å². The molecule has 0 atom stereocenters. The Morgan fingerprint density at radius 3 is 2.59 bits per heavy atom. The molecule has 0 N–H and O–H groups in total. The first-order valence-electron chi connectivity index (χ1n) is 5.71. The molecule has 0 radical (unpaired) electrons. The summed E-state index contributed by atoms with van der Waals surface area (Å²) in [6, 6.07) is 5.92. The van der Waals surface area contributed by atoms with E-state index < -0.39 is 0 Å². The highest BCUT2D eigenvalue weighted by atomic mass is 16.5. The Balaban J connectivity index is 2.88. The van der Waals surface area contributed by atoms with Crippen LogP contribution in [0.3, 0.4) is 0 Å². The minimum absolute atomic E-state index is 0.413. The topological polar surface area (TPSA) is 31.2 Å². The Hall–Kier alpha value is -1.77. The average Bonchev–Trinajstić information content (AvgIpc) is 2.65. The van der Waals surface area contributed by atoms with Gasteiger partial charge in [0, 0.05) is 12.4 Å². The fraction of sp³-hybridized carbons (Fsp3) is 0.357. The fourth-order valence-corrected chi connectivity index (χ4v) is 2.25. The van der Waals surface area contributed by atoms with Gasteiger partial charge in [-0.05, 0) is 23.6 Å². The van der Waals surface area contributed by atoms with Crippen LogP contribution >= 0.6 is 0 Å². The van der Waals surface area contributed by atoms with Crippen LogP contribution in [0.25, 0.3) is 10.9 Å². The van der Waals surface area contributed by atoms with Gasteiger partial charge in [0.2, 0.25) is 0 Å². The van der Waals surface area contributed by atoms with E-state index in [9.17, 15) is 4.79 Å². The standard InChI is InChI=1S/C14H17NO2/c1-9(2)11-5-6-13(17-4)12-7-10(8-16)15(3)14(11)12/h5-9H,1-4H3. The summed E-state index contributed by atoms with van der Waals surface area (Å²) >= 11 is 0. The summed E-state index contributed by atoms with van der Waals surface area (Å²) < 4.78 is 7.28. The zero-order chi connectivity index (χ0) is 12.6. The summed E-state index contributed by atoms with van der Waals surface area (Å²) in [5, 5.41) is 1.00. The van der Waals surface area contributed by atoms with Crippen LogP contribution in [0.1, 0.15) is 35.8 Å². The molecule has 3 nitrogen and oxygen atoms in total. The maximum absolute atomic E-state index is 11.0. The number of aromatic nitrogens is 1. The Bertz CT molecular complexity index is 567. The molecule has 17 heavy (non-hydrogen) atoms. The van der Waals surface area contributed by atoms with Gasteiger partial charge in [-0.2, -0.15) is 0 Å². The molecule has 0 spiro atoms. The number of nitrogens with zero attached hydrogens (tertiary/aromatic N) is 1. The van der Waals surface area contributed by atoms with Crippen molar-refractivity contribution in [3.05, 3.63) is 29.5 Å². The van der Waals surface area contributed by atoms with E-state index in [0.717, 1.165) is 22.9 Å². The van der Waals surface area contributed by atoms with Crippen molar-refractivity contribution >= 4 is 17.2 Å². The molecular weight excluding hydrogens is 214 g/mol. The number of carbonyl (C=O) groups is 1. The largest absolute Gasteiger partial charge is 0.496 e. The van der Waals surface area contributed by atoms with E-state index in [0.29, 0.717) is 11.6 Å². The van der Waals surface area contributed by atoms with Crippen LogP contribution in [0, 0.1) is 0 Å². The van der Waals surface area contributed by atoms with E-state index in [1.165, 1.54) is 5.56 Å². The number of aldehydes is 1. The van der Waals surface area contributed by atoms with E-state index in [2.05, 4.69) is 19.9 Å². The SMILES string of the molecule is COc1ccc(C(C)C)c2c1cc(C=O)n2C. The lowest BCUT2D eigenvalue weighted by Gasteiger charge is -2.12. The van der Waals surface area contributed by atoms with Gasteiger partial charge in [-0.3, -0.25) is 4.79 Å². The third kappa shape index (κ3) is 1.71. The van der Waals surface area contributed by atoms with Crippen LogP contribution in [-0.4, -0.2) is 18.0 Å². The lowest BCUT2D eigenvalue weighted by atomic mass is 10.0. The molecule has 0 aliphatic heterocycles. The van der Waals surface area contributed by atoms with Crippen LogP contribution in [-0.2, 0) is 7.05 Å². The Morgan fingerprint density at radius 2 is 2.06 bits per heavy atom. The van der Waals surface area contributed by atoms with E-state index in [1.54, 1.807) is 7.11 Å².